The third kappa shape index (κ3) is 2.29. The summed E-state index contributed by atoms with van der Waals surface area (Å²) in [5.74, 6) is -1.21. The van der Waals surface area contributed by atoms with Gasteiger partial charge in [-0.1, -0.05) is 0 Å². The van der Waals surface area contributed by atoms with Crippen LogP contribution in [0.5, 0.6) is 0 Å². The molecule has 5 heteroatoms. The molecule has 1 N–H and O–H groups in total. The van der Waals surface area contributed by atoms with Crippen LogP contribution in [0.3, 0.4) is 0 Å². The highest BCUT2D eigenvalue weighted by molar-refractivity contribution is 6.04. The maximum atomic E-state index is 12.2. The van der Waals surface area contributed by atoms with Gasteiger partial charge in [-0.25, -0.2) is 0 Å². The first-order chi connectivity index (χ1) is 8.10. The predicted octanol–water partition coefficient (Wildman–Crippen LogP) is 0.879. The lowest BCUT2D eigenvalue weighted by Crippen LogP contribution is -2.44. The molecule has 2 rings (SSSR count). The van der Waals surface area contributed by atoms with Crippen LogP contribution in [0.4, 0.5) is 0 Å². The van der Waals surface area contributed by atoms with Crippen LogP contribution in [0.1, 0.15) is 32.6 Å². The summed E-state index contributed by atoms with van der Waals surface area (Å²) in [7, 11) is 0. The summed E-state index contributed by atoms with van der Waals surface area (Å²) >= 11 is 0. The summed E-state index contributed by atoms with van der Waals surface area (Å²) in [6, 6.07) is 0. The molecule has 0 spiro atoms. The normalized spacial score (nSPS) is 25.6. The summed E-state index contributed by atoms with van der Waals surface area (Å²) in [5, 5.41) is 9.10. The van der Waals surface area contributed by atoms with E-state index in [4.69, 9.17) is 9.84 Å². The van der Waals surface area contributed by atoms with Gasteiger partial charge in [0.2, 0.25) is 5.91 Å². The molecule has 1 unspecified atom stereocenters. The first kappa shape index (κ1) is 12.4. The van der Waals surface area contributed by atoms with Gasteiger partial charge < -0.3 is 14.7 Å². The summed E-state index contributed by atoms with van der Waals surface area (Å²) < 4.78 is 5.49. The molecule has 0 bridgehead atoms. The Hall–Kier alpha value is -1.10. The molecule has 1 aliphatic carbocycles. The Morgan fingerprint density at radius 2 is 2.18 bits per heavy atom. The van der Waals surface area contributed by atoms with Gasteiger partial charge >= 0.3 is 5.97 Å². The van der Waals surface area contributed by atoms with E-state index in [1.807, 2.05) is 6.92 Å². The van der Waals surface area contributed by atoms with Crippen molar-refractivity contribution in [3.8, 4) is 0 Å². The fraction of sp³-hybridized carbons (Fsp3) is 0.833. The number of carbonyl (C=O) groups is 2. The summed E-state index contributed by atoms with van der Waals surface area (Å²) in [6.07, 6.45) is 3.03. The number of carboxylic acids is 1. The molecule has 1 amide bonds. The zero-order chi connectivity index (χ0) is 12.5. The maximum absolute atomic E-state index is 12.2. The van der Waals surface area contributed by atoms with E-state index >= 15 is 0 Å². The summed E-state index contributed by atoms with van der Waals surface area (Å²) in [6.45, 7) is 3.71. The monoisotopic (exact) mass is 241 g/mol. The fourth-order valence-corrected chi connectivity index (χ4v) is 2.34. The number of ether oxygens (including phenoxy) is 1. The van der Waals surface area contributed by atoms with E-state index in [0.29, 0.717) is 25.9 Å². The number of nitrogens with zero attached hydrogens (tertiary/aromatic N) is 1. The molecule has 1 saturated carbocycles. The highest BCUT2D eigenvalue weighted by Crippen LogP contribution is 2.47. The highest BCUT2D eigenvalue weighted by Gasteiger charge is 2.58. The number of carboxylic acid groups (broad SMARTS) is 1. The number of carbonyl (C=O) groups excluding carboxylic acids is 1. The molecule has 0 aromatic rings. The topological polar surface area (TPSA) is 66.8 Å². The van der Waals surface area contributed by atoms with Crippen molar-refractivity contribution in [3.63, 3.8) is 0 Å². The van der Waals surface area contributed by atoms with Gasteiger partial charge in [-0.15, -0.1) is 0 Å². The number of hydrogen-bond acceptors (Lipinski definition) is 3. The zero-order valence-electron chi connectivity index (χ0n) is 10.1. The Kier molecular flexibility index (Phi) is 3.38. The Morgan fingerprint density at radius 3 is 2.59 bits per heavy atom. The van der Waals surface area contributed by atoms with Crippen molar-refractivity contribution in [2.75, 3.05) is 19.7 Å². The van der Waals surface area contributed by atoms with E-state index in [1.54, 1.807) is 4.90 Å². The SMILES string of the molecule is CCN(CC1CCCO1)C(=O)C1(C(=O)O)CC1. The van der Waals surface area contributed by atoms with E-state index in [9.17, 15) is 9.59 Å². The second-order valence-electron chi connectivity index (χ2n) is 4.87. The lowest BCUT2D eigenvalue weighted by atomic mass is 10.1. The van der Waals surface area contributed by atoms with Gasteiger partial charge in [-0.05, 0) is 32.6 Å². The second kappa shape index (κ2) is 4.64. The number of aliphatic carboxylic acids is 1. The molecule has 17 heavy (non-hydrogen) atoms. The quantitative estimate of drug-likeness (QED) is 0.725. The molecule has 1 aliphatic heterocycles. The molecule has 0 aromatic heterocycles. The van der Waals surface area contributed by atoms with E-state index in [2.05, 4.69) is 0 Å². The minimum atomic E-state index is -1.12. The Balaban J connectivity index is 1.98. The Labute approximate surface area is 101 Å². The molecule has 0 aromatic carbocycles. The molecular weight excluding hydrogens is 222 g/mol. The van der Waals surface area contributed by atoms with Gasteiger partial charge in [0.1, 0.15) is 5.41 Å². The standard InChI is InChI=1S/C12H19NO4/c1-2-13(8-9-4-3-7-17-9)10(14)12(5-6-12)11(15)16/h9H,2-8H2,1H3,(H,15,16). The zero-order valence-corrected chi connectivity index (χ0v) is 10.1. The van der Waals surface area contributed by atoms with Crippen LogP contribution in [-0.4, -0.2) is 47.7 Å². The van der Waals surface area contributed by atoms with Crippen LogP contribution < -0.4 is 0 Å². The van der Waals surface area contributed by atoms with Gasteiger partial charge in [0.05, 0.1) is 6.10 Å². The Morgan fingerprint density at radius 1 is 1.47 bits per heavy atom. The van der Waals surface area contributed by atoms with E-state index in [1.165, 1.54) is 0 Å². The van der Waals surface area contributed by atoms with E-state index in [-0.39, 0.29) is 12.0 Å². The van der Waals surface area contributed by atoms with Crippen LogP contribution in [0.25, 0.3) is 0 Å². The summed E-state index contributed by atoms with van der Waals surface area (Å²) in [5.41, 5.74) is -1.12. The molecule has 2 aliphatic rings. The Bertz CT molecular complexity index is 318. The lowest BCUT2D eigenvalue weighted by Gasteiger charge is -2.26. The van der Waals surface area contributed by atoms with Crippen LogP contribution in [0.15, 0.2) is 0 Å². The van der Waals surface area contributed by atoms with Gasteiger partial charge in [0.25, 0.3) is 0 Å². The lowest BCUT2D eigenvalue weighted by molar-refractivity contribution is -0.154. The molecule has 2 fully saturated rings. The summed E-state index contributed by atoms with van der Waals surface area (Å²) in [4.78, 5) is 24.9. The maximum Gasteiger partial charge on any atom is 0.319 e. The van der Waals surface area contributed by atoms with E-state index in [0.717, 1.165) is 19.4 Å². The van der Waals surface area contributed by atoms with Crippen LogP contribution >= 0.6 is 0 Å². The molecule has 1 atom stereocenters. The third-order valence-electron chi connectivity index (χ3n) is 3.69. The average molecular weight is 241 g/mol. The second-order valence-corrected chi connectivity index (χ2v) is 4.87. The minimum absolute atomic E-state index is 0.0866. The molecule has 96 valence electrons. The average Bonchev–Trinajstić information content (AvgIpc) is 2.98. The molecular formula is C12H19NO4. The van der Waals surface area contributed by atoms with Crippen molar-refractivity contribution >= 4 is 11.9 Å². The van der Waals surface area contributed by atoms with Gasteiger partial charge in [-0.2, -0.15) is 0 Å². The van der Waals surface area contributed by atoms with Gasteiger partial charge in [0.15, 0.2) is 0 Å². The first-order valence-electron chi connectivity index (χ1n) is 6.24. The fourth-order valence-electron chi connectivity index (χ4n) is 2.34. The van der Waals surface area contributed by atoms with Crippen molar-refractivity contribution in [2.45, 2.75) is 38.7 Å². The number of likely N-dealkylation sites (N-methyl/N-ethyl adjacent to an activating group) is 1. The van der Waals surface area contributed by atoms with Crippen molar-refractivity contribution in [2.24, 2.45) is 5.41 Å². The van der Waals surface area contributed by atoms with Crippen LogP contribution in [-0.2, 0) is 14.3 Å². The molecule has 0 radical (unpaired) electrons. The molecule has 5 nitrogen and oxygen atoms in total. The predicted molar refractivity (Wildman–Crippen MR) is 60.5 cm³/mol. The molecule has 1 saturated heterocycles. The van der Waals surface area contributed by atoms with Gasteiger partial charge in [0, 0.05) is 19.7 Å². The third-order valence-corrected chi connectivity index (χ3v) is 3.69. The first-order valence-corrected chi connectivity index (χ1v) is 6.24. The smallest absolute Gasteiger partial charge is 0.319 e. The molecule has 1 heterocycles. The van der Waals surface area contributed by atoms with E-state index < -0.39 is 11.4 Å². The minimum Gasteiger partial charge on any atom is -0.480 e. The highest BCUT2D eigenvalue weighted by atomic mass is 16.5. The van der Waals surface area contributed by atoms with Crippen molar-refractivity contribution in [1.82, 2.24) is 4.90 Å². The van der Waals surface area contributed by atoms with Crippen LogP contribution in [0, 0.1) is 5.41 Å². The van der Waals surface area contributed by atoms with Crippen molar-refractivity contribution in [1.29, 1.82) is 0 Å². The number of amides is 1. The van der Waals surface area contributed by atoms with Crippen molar-refractivity contribution < 1.29 is 19.4 Å². The number of rotatable bonds is 5. The van der Waals surface area contributed by atoms with Gasteiger partial charge in [-0.3, -0.25) is 9.59 Å². The number of hydrogen-bond donors (Lipinski definition) is 1. The largest absolute Gasteiger partial charge is 0.480 e. The van der Waals surface area contributed by atoms with Crippen LogP contribution in [0.2, 0.25) is 0 Å². The van der Waals surface area contributed by atoms with Crippen molar-refractivity contribution in [3.05, 3.63) is 0 Å².